The van der Waals surface area contributed by atoms with Crippen molar-refractivity contribution < 1.29 is 0 Å². The fourth-order valence-electron chi connectivity index (χ4n) is 2.59. The van der Waals surface area contributed by atoms with Crippen molar-refractivity contribution >= 4 is 16.7 Å². The summed E-state index contributed by atoms with van der Waals surface area (Å²) in [5.74, 6) is 0. The van der Waals surface area contributed by atoms with Crippen LogP contribution in [0.1, 0.15) is 13.8 Å². The van der Waals surface area contributed by atoms with E-state index in [4.69, 9.17) is 0 Å². The van der Waals surface area contributed by atoms with E-state index in [0.29, 0.717) is 6.04 Å². The zero-order valence-corrected chi connectivity index (χ0v) is 12.5. The molecule has 1 heterocycles. The van der Waals surface area contributed by atoms with Crippen LogP contribution in [0.25, 0.3) is 11.0 Å². The minimum atomic E-state index is 0.446. The number of benzene rings is 2. The van der Waals surface area contributed by atoms with Gasteiger partial charge in [0.05, 0.1) is 12.1 Å². The maximum absolute atomic E-state index is 4.26. The van der Waals surface area contributed by atoms with E-state index in [1.807, 2.05) is 28.9 Å². The van der Waals surface area contributed by atoms with Gasteiger partial charge in [0, 0.05) is 18.3 Å². The summed E-state index contributed by atoms with van der Waals surface area (Å²) in [6.45, 7) is 6.17. The van der Waals surface area contributed by atoms with Gasteiger partial charge in [-0.25, -0.2) is 4.68 Å². The van der Waals surface area contributed by atoms with Crippen molar-refractivity contribution in [2.24, 2.45) is 0 Å². The Balaban J connectivity index is 1.79. The highest BCUT2D eigenvalue weighted by molar-refractivity contribution is 5.73. The van der Waals surface area contributed by atoms with E-state index in [1.165, 1.54) is 5.69 Å². The normalized spacial score (nSPS) is 11.2. The minimum Gasteiger partial charge on any atom is -0.367 e. The first-order chi connectivity index (χ1) is 10.3. The number of aromatic nitrogens is 3. The number of anilines is 1. The third-order valence-corrected chi connectivity index (χ3v) is 3.68. The van der Waals surface area contributed by atoms with Gasteiger partial charge in [-0.15, -0.1) is 5.10 Å². The van der Waals surface area contributed by atoms with Crippen molar-refractivity contribution in [3.05, 3.63) is 54.6 Å². The predicted molar refractivity (Wildman–Crippen MR) is 86.5 cm³/mol. The van der Waals surface area contributed by atoms with E-state index in [0.717, 1.165) is 24.1 Å². The molecule has 0 aliphatic rings. The van der Waals surface area contributed by atoms with Gasteiger partial charge < -0.3 is 4.90 Å². The predicted octanol–water partition coefficient (Wildman–Crippen LogP) is 3.35. The second-order valence-corrected chi connectivity index (χ2v) is 5.42. The largest absolute Gasteiger partial charge is 0.367 e. The van der Waals surface area contributed by atoms with Crippen LogP contribution < -0.4 is 4.90 Å². The fourth-order valence-corrected chi connectivity index (χ4v) is 2.59. The summed E-state index contributed by atoms with van der Waals surface area (Å²) >= 11 is 0. The second-order valence-electron chi connectivity index (χ2n) is 5.42. The van der Waals surface area contributed by atoms with Gasteiger partial charge in [-0.3, -0.25) is 0 Å². The zero-order chi connectivity index (χ0) is 14.7. The quantitative estimate of drug-likeness (QED) is 0.718. The molecule has 0 amide bonds. The van der Waals surface area contributed by atoms with Crippen LogP contribution >= 0.6 is 0 Å². The van der Waals surface area contributed by atoms with Crippen molar-refractivity contribution in [1.29, 1.82) is 0 Å². The Bertz CT molecular complexity index is 703. The highest BCUT2D eigenvalue weighted by Crippen LogP contribution is 2.17. The summed E-state index contributed by atoms with van der Waals surface area (Å²) in [4.78, 5) is 2.39. The lowest BCUT2D eigenvalue weighted by Crippen LogP contribution is -2.34. The molecule has 0 fully saturated rings. The smallest absolute Gasteiger partial charge is 0.113 e. The molecule has 0 atom stereocenters. The molecule has 4 heteroatoms. The van der Waals surface area contributed by atoms with Gasteiger partial charge in [0.15, 0.2) is 0 Å². The summed E-state index contributed by atoms with van der Waals surface area (Å²) in [6.07, 6.45) is 0. The maximum Gasteiger partial charge on any atom is 0.113 e. The summed E-state index contributed by atoms with van der Waals surface area (Å²) < 4.78 is 1.98. The first-order valence-corrected chi connectivity index (χ1v) is 7.35. The number of hydrogen-bond donors (Lipinski definition) is 0. The third kappa shape index (κ3) is 2.89. The lowest BCUT2D eigenvalue weighted by Gasteiger charge is -2.29. The van der Waals surface area contributed by atoms with Gasteiger partial charge >= 0.3 is 0 Å². The first-order valence-electron chi connectivity index (χ1n) is 7.35. The molecule has 21 heavy (non-hydrogen) atoms. The van der Waals surface area contributed by atoms with Gasteiger partial charge in [-0.1, -0.05) is 35.5 Å². The maximum atomic E-state index is 4.26. The Labute approximate surface area is 125 Å². The molecular formula is C17H20N4. The summed E-state index contributed by atoms with van der Waals surface area (Å²) in [7, 11) is 0. The molecule has 0 aliphatic heterocycles. The molecule has 0 N–H and O–H groups in total. The Hall–Kier alpha value is -2.36. The van der Waals surface area contributed by atoms with Crippen molar-refractivity contribution in [1.82, 2.24) is 15.0 Å². The molecule has 0 unspecified atom stereocenters. The summed E-state index contributed by atoms with van der Waals surface area (Å²) in [5, 5.41) is 8.47. The highest BCUT2D eigenvalue weighted by atomic mass is 15.4. The van der Waals surface area contributed by atoms with Crippen LogP contribution in [0, 0.1) is 0 Å². The molecule has 0 aliphatic carbocycles. The standard InChI is InChI=1S/C17H20N4/c1-14(2)20(15-8-4-3-5-9-15)12-13-21-17-11-7-6-10-16(17)18-19-21/h3-11,14H,12-13H2,1-2H3. The molecule has 0 saturated carbocycles. The number of fused-ring (bicyclic) bond motifs is 1. The molecule has 0 bridgehead atoms. The SMILES string of the molecule is CC(C)N(CCn1nnc2ccccc21)c1ccccc1. The fraction of sp³-hybridized carbons (Fsp3) is 0.294. The van der Waals surface area contributed by atoms with Crippen molar-refractivity contribution in [2.75, 3.05) is 11.4 Å². The van der Waals surface area contributed by atoms with Crippen molar-refractivity contribution in [2.45, 2.75) is 26.4 Å². The van der Waals surface area contributed by atoms with Crippen LogP contribution in [0.2, 0.25) is 0 Å². The molecular weight excluding hydrogens is 260 g/mol. The van der Waals surface area contributed by atoms with Crippen LogP contribution in [0.5, 0.6) is 0 Å². The monoisotopic (exact) mass is 280 g/mol. The Morgan fingerprint density at radius 3 is 2.48 bits per heavy atom. The number of para-hydroxylation sites is 2. The Morgan fingerprint density at radius 2 is 1.71 bits per heavy atom. The molecule has 108 valence electrons. The molecule has 2 aromatic carbocycles. The van der Waals surface area contributed by atoms with Crippen LogP contribution in [0.4, 0.5) is 5.69 Å². The summed E-state index contributed by atoms with van der Waals surface area (Å²) in [6, 6.07) is 19.0. The lowest BCUT2D eigenvalue weighted by molar-refractivity contribution is 0.566. The molecule has 0 spiro atoms. The van der Waals surface area contributed by atoms with Crippen molar-refractivity contribution in [3.8, 4) is 0 Å². The number of nitrogens with zero attached hydrogens (tertiary/aromatic N) is 4. The molecule has 0 saturated heterocycles. The molecule has 1 aromatic heterocycles. The van der Waals surface area contributed by atoms with Gasteiger partial charge in [-0.2, -0.15) is 0 Å². The van der Waals surface area contributed by atoms with Crippen LogP contribution in [-0.2, 0) is 6.54 Å². The second kappa shape index (κ2) is 5.95. The minimum absolute atomic E-state index is 0.446. The molecule has 3 rings (SSSR count). The number of rotatable bonds is 5. The first kappa shape index (κ1) is 13.6. The van der Waals surface area contributed by atoms with Gasteiger partial charge in [0.25, 0.3) is 0 Å². The molecule has 4 nitrogen and oxygen atoms in total. The van der Waals surface area contributed by atoms with E-state index < -0.39 is 0 Å². The topological polar surface area (TPSA) is 34.0 Å². The zero-order valence-electron chi connectivity index (χ0n) is 12.5. The van der Waals surface area contributed by atoms with Crippen LogP contribution in [0.3, 0.4) is 0 Å². The average Bonchev–Trinajstić information content (AvgIpc) is 2.92. The number of hydrogen-bond acceptors (Lipinski definition) is 3. The Kier molecular flexibility index (Phi) is 3.86. The van der Waals surface area contributed by atoms with E-state index in [9.17, 15) is 0 Å². The van der Waals surface area contributed by atoms with Gasteiger partial charge in [0.2, 0.25) is 0 Å². The lowest BCUT2D eigenvalue weighted by atomic mass is 10.2. The van der Waals surface area contributed by atoms with Crippen molar-refractivity contribution in [3.63, 3.8) is 0 Å². The summed E-state index contributed by atoms with van der Waals surface area (Å²) in [5.41, 5.74) is 3.29. The molecule has 0 radical (unpaired) electrons. The van der Waals surface area contributed by atoms with Crippen LogP contribution in [0.15, 0.2) is 54.6 Å². The van der Waals surface area contributed by atoms with E-state index in [-0.39, 0.29) is 0 Å². The van der Waals surface area contributed by atoms with E-state index in [1.54, 1.807) is 0 Å². The third-order valence-electron chi connectivity index (χ3n) is 3.68. The highest BCUT2D eigenvalue weighted by Gasteiger charge is 2.11. The Morgan fingerprint density at radius 1 is 1.00 bits per heavy atom. The average molecular weight is 280 g/mol. The van der Waals surface area contributed by atoms with Crippen LogP contribution in [-0.4, -0.2) is 27.6 Å². The van der Waals surface area contributed by atoms with E-state index >= 15 is 0 Å². The van der Waals surface area contributed by atoms with E-state index in [2.05, 4.69) is 59.4 Å². The van der Waals surface area contributed by atoms with Gasteiger partial charge in [0.1, 0.15) is 5.52 Å². The molecule has 3 aromatic rings. The van der Waals surface area contributed by atoms with Gasteiger partial charge in [-0.05, 0) is 38.1 Å².